The molecule has 1 atom stereocenters. The van der Waals surface area contributed by atoms with Crippen LogP contribution in [0.4, 0.5) is 0 Å². The minimum absolute atomic E-state index is 0.116. The van der Waals surface area contributed by atoms with Crippen molar-refractivity contribution in [1.82, 2.24) is 10.2 Å². The van der Waals surface area contributed by atoms with Crippen molar-refractivity contribution in [2.24, 2.45) is 5.41 Å². The predicted molar refractivity (Wildman–Crippen MR) is 87.1 cm³/mol. The van der Waals surface area contributed by atoms with Crippen LogP contribution in [0.15, 0.2) is 0 Å². The molecule has 3 nitrogen and oxygen atoms in total. The SMILES string of the molecule is CC(C)NC(C)(CO)CCCCN1CCCC(C)(C)C1. The van der Waals surface area contributed by atoms with Crippen molar-refractivity contribution < 1.29 is 5.11 Å². The largest absolute Gasteiger partial charge is 0.394 e. The highest BCUT2D eigenvalue weighted by molar-refractivity contribution is 4.84. The van der Waals surface area contributed by atoms with Gasteiger partial charge in [-0.15, -0.1) is 0 Å². The molecule has 0 amide bonds. The second-order valence-electron chi connectivity index (χ2n) is 8.02. The normalized spacial score (nSPS) is 22.9. The summed E-state index contributed by atoms with van der Waals surface area (Å²) >= 11 is 0. The summed E-state index contributed by atoms with van der Waals surface area (Å²) < 4.78 is 0. The third-order valence-corrected chi connectivity index (χ3v) is 4.42. The van der Waals surface area contributed by atoms with Crippen molar-refractivity contribution >= 4 is 0 Å². The van der Waals surface area contributed by atoms with Crippen molar-refractivity contribution in [1.29, 1.82) is 0 Å². The first kappa shape index (κ1) is 17.9. The fraction of sp³-hybridized carbons (Fsp3) is 1.00. The van der Waals surface area contributed by atoms with E-state index in [1.54, 1.807) is 0 Å². The number of aliphatic hydroxyl groups excluding tert-OH is 1. The molecule has 3 heteroatoms. The van der Waals surface area contributed by atoms with Crippen LogP contribution in [0.2, 0.25) is 0 Å². The summed E-state index contributed by atoms with van der Waals surface area (Å²) in [5.41, 5.74) is 0.381. The Kier molecular flexibility index (Phi) is 6.96. The summed E-state index contributed by atoms with van der Waals surface area (Å²) in [6.45, 7) is 15.1. The molecule has 0 aliphatic carbocycles. The van der Waals surface area contributed by atoms with Gasteiger partial charge in [0.05, 0.1) is 6.61 Å². The second-order valence-corrected chi connectivity index (χ2v) is 8.02. The quantitative estimate of drug-likeness (QED) is 0.673. The van der Waals surface area contributed by atoms with Crippen molar-refractivity contribution in [3.63, 3.8) is 0 Å². The third-order valence-electron chi connectivity index (χ3n) is 4.42. The lowest BCUT2D eigenvalue weighted by Gasteiger charge is -2.38. The molecule has 0 saturated carbocycles. The van der Waals surface area contributed by atoms with Gasteiger partial charge in [-0.2, -0.15) is 0 Å². The average molecular weight is 284 g/mol. The summed E-state index contributed by atoms with van der Waals surface area (Å²) in [7, 11) is 0. The lowest BCUT2D eigenvalue weighted by atomic mass is 9.84. The number of unbranched alkanes of at least 4 members (excludes halogenated alkanes) is 1. The molecule has 1 aliphatic heterocycles. The van der Waals surface area contributed by atoms with Gasteiger partial charge in [0.15, 0.2) is 0 Å². The van der Waals surface area contributed by atoms with Crippen LogP contribution >= 0.6 is 0 Å². The highest BCUT2D eigenvalue weighted by Gasteiger charge is 2.26. The fourth-order valence-corrected chi connectivity index (χ4v) is 3.48. The van der Waals surface area contributed by atoms with Crippen LogP contribution in [0.3, 0.4) is 0 Å². The van der Waals surface area contributed by atoms with Gasteiger partial charge in [0.25, 0.3) is 0 Å². The molecule has 0 aromatic rings. The van der Waals surface area contributed by atoms with Crippen molar-refractivity contribution in [2.45, 2.75) is 78.3 Å². The molecule has 0 bridgehead atoms. The standard InChI is InChI=1S/C17H36N2O/c1-15(2)18-17(5,14-20)10-6-7-11-19-12-8-9-16(3,4)13-19/h15,18,20H,6-14H2,1-5H3. The second kappa shape index (κ2) is 7.77. The van der Waals surface area contributed by atoms with Crippen LogP contribution in [0, 0.1) is 5.41 Å². The molecular formula is C17H36N2O. The Bertz CT molecular complexity index is 278. The number of nitrogens with zero attached hydrogens (tertiary/aromatic N) is 1. The van der Waals surface area contributed by atoms with E-state index in [1.807, 2.05) is 0 Å². The predicted octanol–water partition coefficient (Wildman–Crippen LogP) is 3.03. The first-order valence-electron chi connectivity index (χ1n) is 8.37. The lowest BCUT2D eigenvalue weighted by Crippen LogP contribution is -2.49. The minimum Gasteiger partial charge on any atom is -0.394 e. The van der Waals surface area contributed by atoms with Gasteiger partial charge in [-0.1, -0.05) is 34.1 Å². The van der Waals surface area contributed by atoms with E-state index in [0.717, 1.165) is 6.42 Å². The van der Waals surface area contributed by atoms with Crippen LogP contribution in [0.5, 0.6) is 0 Å². The first-order valence-corrected chi connectivity index (χ1v) is 8.37. The van der Waals surface area contributed by atoms with Crippen molar-refractivity contribution in [3.05, 3.63) is 0 Å². The fourth-order valence-electron chi connectivity index (χ4n) is 3.48. The van der Waals surface area contributed by atoms with E-state index < -0.39 is 0 Å². The molecule has 0 spiro atoms. The Balaban J connectivity index is 2.23. The van der Waals surface area contributed by atoms with Crippen LogP contribution < -0.4 is 5.32 Å². The highest BCUT2D eigenvalue weighted by atomic mass is 16.3. The van der Waals surface area contributed by atoms with Crippen LogP contribution in [-0.2, 0) is 0 Å². The molecule has 20 heavy (non-hydrogen) atoms. The molecule has 1 heterocycles. The van der Waals surface area contributed by atoms with Crippen LogP contribution in [0.1, 0.15) is 66.7 Å². The Hall–Kier alpha value is -0.120. The number of nitrogens with one attached hydrogen (secondary N) is 1. The smallest absolute Gasteiger partial charge is 0.0610 e. The van der Waals surface area contributed by atoms with Gasteiger partial charge in [0.2, 0.25) is 0 Å². The van der Waals surface area contributed by atoms with Gasteiger partial charge >= 0.3 is 0 Å². The average Bonchev–Trinajstić information content (AvgIpc) is 2.33. The zero-order chi connectivity index (χ0) is 15.2. The van der Waals surface area contributed by atoms with E-state index in [1.165, 1.54) is 45.3 Å². The van der Waals surface area contributed by atoms with Crippen molar-refractivity contribution in [2.75, 3.05) is 26.2 Å². The molecule has 2 N–H and O–H groups in total. The minimum atomic E-state index is -0.116. The number of hydrogen-bond donors (Lipinski definition) is 2. The molecule has 0 radical (unpaired) electrons. The zero-order valence-electron chi connectivity index (χ0n) is 14.3. The highest BCUT2D eigenvalue weighted by Crippen LogP contribution is 2.28. The maximum Gasteiger partial charge on any atom is 0.0610 e. The molecule has 1 unspecified atom stereocenters. The maximum atomic E-state index is 9.58. The summed E-state index contributed by atoms with van der Waals surface area (Å²) in [4.78, 5) is 2.62. The van der Waals surface area contributed by atoms with Gasteiger partial charge in [-0.05, 0) is 51.1 Å². The molecule has 1 rings (SSSR count). The number of aliphatic hydroxyl groups is 1. The van der Waals surface area contributed by atoms with Gasteiger partial charge in [-0.25, -0.2) is 0 Å². The maximum absolute atomic E-state index is 9.58. The number of rotatable bonds is 8. The molecule has 0 aromatic heterocycles. The zero-order valence-corrected chi connectivity index (χ0v) is 14.3. The summed E-state index contributed by atoms with van der Waals surface area (Å²) in [6, 6.07) is 0.426. The molecule has 1 aliphatic rings. The van der Waals surface area contributed by atoms with Gasteiger partial charge < -0.3 is 15.3 Å². The van der Waals surface area contributed by atoms with E-state index in [0.29, 0.717) is 11.5 Å². The topological polar surface area (TPSA) is 35.5 Å². The Labute approximate surface area is 126 Å². The van der Waals surface area contributed by atoms with Gasteiger partial charge in [-0.3, -0.25) is 0 Å². The molecule has 0 aromatic carbocycles. The monoisotopic (exact) mass is 284 g/mol. The number of likely N-dealkylation sites (tertiary alicyclic amines) is 1. The molecule has 120 valence electrons. The summed E-state index contributed by atoms with van der Waals surface area (Å²) in [5.74, 6) is 0. The van der Waals surface area contributed by atoms with E-state index in [9.17, 15) is 5.11 Å². The number of hydrogen-bond acceptors (Lipinski definition) is 3. The summed E-state index contributed by atoms with van der Waals surface area (Å²) in [6.07, 6.45) is 6.19. The molecular weight excluding hydrogens is 248 g/mol. The van der Waals surface area contributed by atoms with Crippen LogP contribution in [-0.4, -0.2) is 47.8 Å². The Morgan fingerprint density at radius 1 is 1.30 bits per heavy atom. The van der Waals surface area contributed by atoms with E-state index in [4.69, 9.17) is 0 Å². The van der Waals surface area contributed by atoms with E-state index in [2.05, 4.69) is 44.8 Å². The number of piperidine rings is 1. The lowest BCUT2D eigenvalue weighted by molar-refractivity contribution is 0.112. The van der Waals surface area contributed by atoms with Gasteiger partial charge in [0.1, 0.15) is 0 Å². The van der Waals surface area contributed by atoms with Crippen molar-refractivity contribution in [3.8, 4) is 0 Å². The first-order chi connectivity index (χ1) is 9.26. The van der Waals surface area contributed by atoms with Crippen LogP contribution in [0.25, 0.3) is 0 Å². The van der Waals surface area contributed by atoms with E-state index in [-0.39, 0.29) is 12.1 Å². The van der Waals surface area contributed by atoms with Gasteiger partial charge in [0, 0.05) is 18.1 Å². The molecule has 1 saturated heterocycles. The molecule has 1 fully saturated rings. The third kappa shape index (κ3) is 6.55. The Morgan fingerprint density at radius 3 is 2.55 bits per heavy atom. The van der Waals surface area contributed by atoms with E-state index >= 15 is 0 Å². The summed E-state index contributed by atoms with van der Waals surface area (Å²) in [5, 5.41) is 13.1. The Morgan fingerprint density at radius 2 is 2.00 bits per heavy atom.